The van der Waals surface area contributed by atoms with Crippen molar-refractivity contribution in [2.24, 2.45) is 0 Å². The molecule has 2 atom stereocenters. The van der Waals surface area contributed by atoms with Crippen LogP contribution in [0.25, 0.3) is 6.08 Å². The summed E-state index contributed by atoms with van der Waals surface area (Å²) in [6.45, 7) is 0. The van der Waals surface area contributed by atoms with Crippen LogP contribution in [0.2, 0.25) is 0 Å². The summed E-state index contributed by atoms with van der Waals surface area (Å²) in [5, 5.41) is 28.1. The Bertz CT molecular complexity index is 740. The van der Waals surface area contributed by atoms with Crippen LogP contribution in [-0.4, -0.2) is 33.5 Å². The molecule has 2 rings (SSSR count). The lowest BCUT2D eigenvalue weighted by atomic mass is 9.99. The highest BCUT2D eigenvalue weighted by atomic mass is 19.1. The van der Waals surface area contributed by atoms with Crippen LogP contribution in [0.4, 0.5) is 4.39 Å². The fourth-order valence-corrected chi connectivity index (χ4v) is 2.71. The van der Waals surface area contributed by atoms with Crippen LogP contribution in [0.3, 0.4) is 0 Å². The molecule has 0 aromatic heterocycles. The molecule has 0 fully saturated rings. The second-order valence-corrected chi connectivity index (χ2v) is 6.24. The highest BCUT2D eigenvalue weighted by Gasteiger charge is 2.13. The molecule has 0 aliphatic heterocycles. The minimum absolute atomic E-state index is 0.0272. The van der Waals surface area contributed by atoms with Crippen molar-refractivity contribution in [3.05, 3.63) is 77.1 Å². The van der Waals surface area contributed by atoms with Crippen molar-refractivity contribution in [3.63, 3.8) is 0 Å². The molecule has 138 valence electrons. The molecule has 0 aliphatic rings. The molecule has 0 spiro atoms. The van der Waals surface area contributed by atoms with Gasteiger partial charge in [-0.1, -0.05) is 48.6 Å². The van der Waals surface area contributed by atoms with E-state index in [4.69, 9.17) is 5.11 Å². The third kappa shape index (κ3) is 6.78. The summed E-state index contributed by atoms with van der Waals surface area (Å²) in [7, 11) is 0. The van der Waals surface area contributed by atoms with Crippen molar-refractivity contribution in [2.45, 2.75) is 37.9 Å². The first-order valence-corrected chi connectivity index (χ1v) is 8.52. The predicted molar refractivity (Wildman–Crippen MR) is 98.2 cm³/mol. The van der Waals surface area contributed by atoms with Crippen LogP contribution in [0.15, 0.2) is 54.6 Å². The van der Waals surface area contributed by atoms with Crippen LogP contribution >= 0.6 is 0 Å². The lowest BCUT2D eigenvalue weighted by Gasteiger charge is -2.11. The third-order valence-corrected chi connectivity index (χ3v) is 4.07. The van der Waals surface area contributed by atoms with E-state index in [2.05, 4.69) is 0 Å². The van der Waals surface area contributed by atoms with Gasteiger partial charge in [0.05, 0.1) is 18.6 Å². The molecule has 3 N–H and O–H groups in total. The van der Waals surface area contributed by atoms with Crippen molar-refractivity contribution in [2.75, 3.05) is 0 Å². The third-order valence-electron chi connectivity index (χ3n) is 4.07. The largest absolute Gasteiger partial charge is 0.481 e. The Kier molecular flexibility index (Phi) is 7.51. The summed E-state index contributed by atoms with van der Waals surface area (Å²) in [6.07, 6.45) is 2.45. The minimum Gasteiger partial charge on any atom is -0.481 e. The van der Waals surface area contributed by atoms with Crippen LogP contribution in [-0.2, 0) is 17.6 Å². The van der Waals surface area contributed by atoms with Crippen molar-refractivity contribution in [1.82, 2.24) is 0 Å². The van der Waals surface area contributed by atoms with E-state index in [1.54, 1.807) is 24.3 Å². The minimum atomic E-state index is -1.10. The summed E-state index contributed by atoms with van der Waals surface area (Å²) < 4.78 is 13.0. The number of carbonyl (C=O) groups is 1. The second-order valence-electron chi connectivity index (χ2n) is 6.24. The number of aliphatic hydroxyl groups excluding tert-OH is 2. The van der Waals surface area contributed by atoms with Crippen molar-refractivity contribution >= 4 is 12.0 Å². The van der Waals surface area contributed by atoms with Gasteiger partial charge in [-0.25, -0.2) is 4.39 Å². The fourth-order valence-electron chi connectivity index (χ4n) is 2.71. The van der Waals surface area contributed by atoms with Gasteiger partial charge in [0.25, 0.3) is 0 Å². The molecule has 2 aromatic carbocycles. The Morgan fingerprint density at radius 3 is 2.42 bits per heavy atom. The Balaban J connectivity index is 1.96. The topological polar surface area (TPSA) is 77.8 Å². The first-order valence-electron chi connectivity index (χ1n) is 8.52. The van der Waals surface area contributed by atoms with E-state index in [-0.39, 0.29) is 18.7 Å². The zero-order chi connectivity index (χ0) is 18.9. The van der Waals surface area contributed by atoms with E-state index in [1.807, 2.05) is 24.3 Å². The van der Waals surface area contributed by atoms with Crippen LogP contribution in [0.1, 0.15) is 29.5 Å². The zero-order valence-electron chi connectivity index (χ0n) is 14.4. The maximum absolute atomic E-state index is 13.0. The van der Waals surface area contributed by atoms with Crippen LogP contribution in [0.5, 0.6) is 0 Å². The van der Waals surface area contributed by atoms with Crippen molar-refractivity contribution < 1.29 is 24.5 Å². The number of aliphatic carboxylic acids is 1. The highest BCUT2D eigenvalue weighted by molar-refractivity contribution is 5.67. The molecular formula is C21H23FO4. The first-order chi connectivity index (χ1) is 12.4. The van der Waals surface area contributed by atoms with Gasteiger partial charge in [-0.15, -0.1) is 0 Å². The lowest BCUT2D eigenvalue weighted by molar-refractivity contribution is -0.139. The molecule has 0 radical (unpaired) electrons. The van der Waals surface area contributed by atoms with Crippen LogP contribution < -0.4 is 0 Å². The molecule has 0 saturated heterocycles. The van der Waals surface area contributed by atoms with Gasteiger partial charge in [0.1, 0.15) is 5.82 Å². The average Bonchev–Trinajstić information content (AvgIpc) is 2.59. The standard InChI is InChI=1S/C21H23FO4/c22-18-10-6-15(7-11-18)5-8-16-3-1-2-4-17(16)9-12-19(23)13-20(24)14-21(25)26/h1-4,6-7,9-12,19-20,23-24H,5,8,13-14H2,(H,25,26)/t19-,20-/m1/s1. The monoisotopic (exact) mass is 358 g/mol. The van der Waals surface area contributed by atoms with E-state index >= 15 is 0 Å². The Hall–Kier alpha value is -2.50. The maximum atomic E-state index is 13.0. The summed E-state index contributed by atoms with van der Waals surface area (Å²) in [4.78, 5) is 10.5. The summed E-state index contributed by atoms with van der Waals surface area (Å²) in [6, 6.07) is 14.2. The molecule has 2 aromatic rings. The van der Waals surface area contributed by atoms with Gasteiger partial charge in [-0.2, -0.15) is 0 Å². The molecule has 0 bridgehead atoms. The number of hydrogen-bond donors (Lipinski definition) is 3. The van der Waals surface area contributed by atoms with Gasteiger partial charge in [-0.3, -0.25) is 4.79 Å². The van der Waals surface area contributed by atoms with Gasteiger partial charge in [-0.05, 0) is 41.7 Å². The smallest absolute Gasteiger partial charge is 0.305 e. The molecule has 0 amide bonds. The SMILES string of the molecule is O=C(O)C[C@H](O)C[C@H](O)C=Cc1ccccc1CCc1ccc(F)cc1. The van der Waals surface area contributed by atoms with E-state index in [0.29, 0.717) is 0 Å². The highest BCUT2D eigenvalue weighted by Crippen LogP contribution is 2.16. The van der Waals surface area contributed by atoms with Gasteiger partial charge in [0.15, 0.2) is 0 Å². The Morgan fingerprint density at radius 2 is 1.73 bits per heavy atom. The number of benzene rings is 2. The van der Waals surface area contributed by atoms with E-state index in [1.165, 1.54) is 12.1 Å². The number of carboxylic acids is 1. The summed E-state index contributed by atoms with van der Waals surface area (Å²) in [5.41, 5.74) is 3.08. The molecule has 4 nitrogen and oxygen atoms in total. The van der Waals surface area contributed by atoms with Gasteiger partial charge in [0.2, 0.25) is 0 Å². The molecule has 0 heterocycles. The van der Waals surface area contributed by atoms with Gasteiger partial charge in [0, 0.05) is 6.42 Å². The number of aliphatic hydroxyl groups is 2. The Labute approximate surface area is 152 Å². The molecule has 26 heavy (non-hydrogen) atoms. The number of halogens is 1. The number of hydrogen-bond acceptors (Lipinski definition) is 3. The Morgan fingerprint density at radius 1 is 1.04 bits per heavy atom. The lowest BCUT2D eigenvalue weighted by Crippen LogP contribution is -2.19. The van der Waals surface area contributed by atoms with Gasteiger partial charge < -0.3 is 15.3 Å². The normalized spacial score (nSPS) is 13.7. The number of carboxylic acid groups (broad SMARTS) is 1. The van der Waals surface area contributed by atoms with Crippen molar-refractivity contribution in [1.29, 1.82) is 0 Å². The first kappa shape index (κ1) is 19.8. The molecule has 0 unspecified atom stereocenters. The zero-order valence-corrected chi connectivity index (χ0v) is 14.4. The molecule has 0 aliphatic carbocycles. The quantitative estimate of drug-likeness (QED) is 0.643. The van der Waals surface area contributed by atoms with Gasteiger partial charge >= 0.3 is 5.97 Å². The second kappa shape index (κ2) is 9.85. The van der Waals surface area contributed by atoms with E-state index in [9.17, 15) is 19.4 Å². The average molecular weight is 358 g/mol. The number of rotatable bonds is 9. The summed E-state index contributed by atoms with van der Waals surface area (Å²) >= 11 is 0. The molecule has 0 saturated carbocycles. The predicted octanol–water partition coefficient (Wildman–Crippen LogP) is 3.21. The summed E-state index contributed by atoms with van der Waals surface area (Å²) in [5.74, 6) is -1.35. The molecular weight excluding hydrogens is 335 g/mol. The number of aryl methyl sites for hydroxylation is 2. The molecule has 5 heteroatoms. The van der Waals surface area contributed by atoms with Crippen molar-refractivity contribution in [3.8, 4) is 0 Å². The maximum Gasteiger partial charge on any atom is 0.305 e. The van der Waals surface area contributed by atoms with E-state index < -0.39 is 18.2 Å². The van der Waals surface area contributed by atoms with Crippen LogP contribution in [0, 0.1) is 5.82 Å². The fraction of sp³-hybridized carbons (Fsp3) is 0.286. The van der Waals surface area contributed by atoms with E-state index in [0.717, 1.165) is 29.5 Å².